The van der Waals surface area contributed by atoms with Gasteiger partial charge in [0.15, 0.2) is 11.9 Å². The van der Waals surface area contributed by atoms with E-state index in [4.69, 9.17) is 29.1 Å². The average Bonchev–Trinajstić information content (AvgIpc) is 2.64. The van der Waals surface area contributed by atoms with E-state index in [1.807, 2.05) is 13.8 Å². The van der Waals surface area contributed by atoms with Gasteiger partial charge in [-0.15, -0.1) is 0 Å². The molecule has 5 rings (SSSR count). The van der Waals surface area contributed by atoms with Crippen molar-refractivity contribution >= 4 is 11.9 Å². The number of fused-ring (bicyclic) bond motifs is 2. The molecule has 4 heterocycles. The zero-order valence-corrected chi connectivity index (χ0v) is 14.6. The molecular formula is C17H24O8. The average molecular weight is 356 g/mol. The molecule has 5 fully saturated rings. The van der Waals surface area contributed by atoms with Gasteiger partial charge in [-0.3, -0.25) is 0 Å². The van der Waals surface area contributed by atoms with Crippen LogP contribution in [0.25, 0.3) is 0 Å². The summed E-state index contributed by atoms with van der Waals surface area (Å²) in [5, 5.41) is 8.75. The molecule has 2 bridgehead atoms. The molecule has 0 amide bonds. The van der Waals surface area contributed by atoms with Gasteiger partial charge in [0.2, 0.25) is 5.79 Å². The number of carboxylic acids is 1. The van der Waals surface area contributed by atoms with Gasteiger partial charge < -0.3 is 19.3 Å². The third-order valence-electron chi connectivity index (χ3n) is 6.50. The highest BCUT2D eigenvalue weighted by molar-refractivity contribution is 6.28. The topological polar surface area (TPSA) is 101 Å². The summed E-state index contributed by atoms with van der Waals surface area (Å²) in [7, 11) is 0. The van der Waals surface area contributed by atoms with E-state index >= 15 is 0 Å². The maximum absolute atomic E-state index is 11.4. The molecule has 1 aliphatic carbocycles. The number of hydrogen-bond donors (Lipinski definition) is 1. The number of carboxylic acid groups (broad SMARTS) is 1. The smallest absolute Gasteiger partial charge is 0.417 e. The first kappa shape index (κ1) is 17.2. The summed E-state index contributed by atoms with van der Waals surface area (Å²) < 4.78 is 17.3. The molecule has 1 unspecified atom stereocenters. The summed E-state index contributed by atoms with van der Waals surface area (Å²) in [6.45, 7) is 5.70. The Morgan fingerprint density at radius 3 is 2.64 bits per heavy atom. The van der Waals surface area contributed by atoms with E-state index in [9.17, 15) is 9.59 Å². The highest BCUT2D eigenvalue weighted by atomic mass is 17.3. The molecular weight excluding hydrogens is 332 g/mol. The molecule has 8 heteroatoms. The van der Waals surface area contributed by atoms with Gasteiger partial charge >= 0.3 is 11.9 Å². The Morgan fingerprint density at radius 2 is 1.92 bits per heavy atom. The Kier molecular flexibility index (Phi) is 3.71. The van der Waals surface area contributed by atoms with Crippen LogP contribution in [0.15, 0.2) is 0 Å². The molecule has 1 saturated carbocycles. The van der Waals surface area contributed by atoms with Crippen LogP contribution in [0.3, 0.4) is 0 Å². The maximum atomic E-state index is 11.4. The van der Waals surface area contributed by atoms with Gasteiger partial charge in [-0.25, -0.2) is 19.4 Å². The van der Waals surface area contributed by atoms with E-state index in [-0.39, 0.29) is 18.4 Å². The van der Waals surface area contributed by atoms with Crippen molar-refractivity contribution in [1.29, 1.82) is 0 Å². The number of esters is 1. The number of aliphatic carboxylic acids is 1. The second-order valence-electron chi connectivity index (χ2n) is 8.17. The highest BCUT2D eigenvalue weighted by Crippen LogP contribution is 2.63. The molecule has 7 atom stereocenters. The monoisotopic (exact) mass is 356 g/mol. The maximum Gasteiger partial charge on any atom is 0.417 e. The quantitative estimate of drug-likeness (QED) is 0.452. The fraction of sp³-hybridized carbons (Fsp3) is 0.882. The van der Waals surface area contributed by atoms with Gasteiger partial charge in [-0.1, -0.05) is 6.92 Å². The summed E-state index contributed by atoms with van der Waals surface area (Å²) in [4.78, 5) is 33.8. The molecule has 4 saturated heterocycles. The molecule has 0 radical (unpaired) electrons. The minimum absolute atomic E-state index is 0.115. The van der Waals surface area contributed by atoms with Crippen molar-refractivity contribution in [1.82, 2.24) is 0 Å². The Morgan fingerprint density at radius 1 is 1.16 bits per heavy atom. The zero-order chi connectivity index (χ0) is 18.0. The summed E-state index contributed by atoms with van der Waals surface area (Å²) in [6.07, 6.45) is 2.80. The fourth-order valence-corrected chi connectivity index (χ4v) is 5.22. The summed E-state index contributed by atoms with van der Waals surface area (Å²) in [5.41, 5.74) is -1.64. The SMILES string of the molecule is C[C@@H]1CCC2[C@]34OO[C@](C)(CC[C@@H]13)O[C@@H]4O[C@]2(C)COC(=O)C(=O)O. The normalized spacial score (nSPS) is 50.8. The van der Waals surface area contributed by atoms with Gasteiger partial charge in [-0.05, 0) is 44.9 Å². The van der Waals surface area contributed by atoms with Crippen molar-refractivity contribution in [2.45, 2.75) is 69.7 Å². The van der Waals surface area contributed by atoms with E-state index in [0.29, 0.717) is 5.92 Å². The molecule has 4 aliphatic heterocycles. The number of ether oxygens (including phenoxy) is 3. The summed E-state index contributed by atoms with van der Waals surface area (Å²) in [6, 6.07) is 0. The van der Waals surface area contributed by atoms with Crippen molar-refractivity contribution in [3.8, 4) is 0 Å². The van der Waals surface area contributed by atoms with Crippen LogP contribution in [0.5, 0.6) is 0 Å². The number of hydrogen-bond acceptors (Lipinski definition) is 7. The first-order valence-corrected chi connectivity index (χ1v) is 8.83. The van der Waals surface area contributed by atoms with Crippen LogP contribution in [-0.2, 0) is 33.6 Å². The van der Waals surface area contributed by atoms with Gasteiger partial charge in [0.1, 0.15) is 12.2 Å². The summed E-state index contributed by atoms with van der Waals surface area (Å²) >= 11 is 0. The van der Waals surface area contributed by atoms with E-state index in [1.54, 1.807) is 0 Å². The fourth-order valence-electron chi connectivity index (χ4n) is 5.22. The number of carbonyl (C=O) groups excluding carboxylic acids is 1. The Hall–Kier alpha value is -1.22. The highest BCUT2D eigenvalue weighted by Gasteiger charge is 2.74. The molecule has 8 nitrogen and oxygen atoms in total. The van der Waals surface area contributed by atoms with Gasteiger partial charge in [0.25, 0.3) is 0 Å². The standard InChI is InChI=1S/C17H24O8/c1-9-4-5-11-15(2,8-21-13(20)12(18)19)22-14-17(11)10(9)6-7-16(3,23-14)24-25-17/h9-11,14H,4-8H2,1-3H3,(H,18,19)/t9-,10+,11?,14+,15-,16-,17-/m1/s1. The largest absolute Gasteiger partial charge is 0.473 e. The molecule has 5 aliphatic rings. The lowest BCUT2D eigenvalue weighted by Gasteiger charge is -2.50. The summed E-state index contributed by atoms with van der Waals surface area (Å²) in [5.74, 6) is -3.25. The molecule has 0 aromatic heterocycles. The zero-order valence-electron chi connectivity index (χ0n) is 14.6. The van der Waals surface area contributed by atoms with Crippen LogP contribution >= 0.6 is 0 Å². The number of carbonyl (C=O) groups is 2. The van der Waals surface area contributed by atoms with Crippen LogP contribution in [0.1, 0.15) is 46.5 Å². The molecule has 140 valence electrons. The third kappa shape index (κ3) is 2.34. The third-order valence-corrected chi connectivity index (χ3v) is 6.50. The van der Waals surface area contributed by atoms with E-state index < -0.39 is 35.2 Å². The van der Waals surface area contributed by atoms with Gasteiger partial charge in [-0.2, -0.15) is 0 Å². The van der Waals surface area contributed by atoms with Crippen LogP contribution in [0.4, 0.5) is 0 Å². The molecule has 25 heavy (non-hydrogen) atoms. The molecule has 0 aromatic carbocycles. The molecule has 1 N–H and O–H groups in total. The second-order valence-corrected chi connectivity index (χ2v) is 8.17. The molecule has 1 spiro atoms. The lowest BCUT2D eigenvalue weighted by Crippen LogP contribution is -2.62. The minimum atomic E-state index is -1.62. The van der Waals surface area contributed by atoms with Crippen molar-refractivity contribution in [3.05, 3.63) is 0 Å². The Bertz CT molecular complexity index is 607. The first-order valence-electron chi connectivity index (χ1n) is 8.83. The van der Waals surface area contributed by atoms with Crippen LogP contribution < -0.4 is 0 Å². The molecule has 0 aromatic rings. The minimum Gasteiger partial charge on any atom is -0.473 e. The van der Waals surface area contributed by atoms with Crippen LogP contribution in [-0.4, -0.2) is 46.9 Å². The number of rotatable bonds is 2. The Balaban J connectivity index is 1.67. The second kappa shape index (κ2) is 5.39. The van der Waals surface area contributed by atoms with Crippen molar-refractivity contribution in [2.75, 3.05) is 6.61 Å². The van der Waals surface area contributed by atoms with E-state index in [2.05, 4.69) is 6.92 Å². The van der Waals surface area contributed by atoms with Crippen molar-refractivity contribution in [3.63, 3.8) is 0 Å². The predicted octanol–water partition coefficient (Wildman–Crippen LogP) is 1.62. The van der Waals surface area contributed by atoms with Crippen LogP contribution in [0.2, 0.25) is 0 Å². The first-order chi connectivity index (χ1) is 11.7. The van der Waals surface area contributed by atoms with Gasteiger partial charge in [0, 0.05) is 12.3 Å². The van der Waals surface area contributed by atoms with E-state index in [1.165, 1.54) is 0 Å². The van der Waals surface area contributed by atoms with Crippen molar-refractivity contribution < 1.29 is 38.7 Å². The van der Waals surface area contributed by atoms with Gasteiger partial charge in [0.05, 0.1) is 0 Å². The predicted molar refractivity (Wildman–Crippen MR) is 80.9 cm³/mol. The lowest BCUT2D eigenvalue weighted by molar-refractivity contribution is -0.541. The van der Waals surface area contributed by atoms with Crippen LogP contribution in [0, 0.1) is 17.8 Å². The Labute approximate surface area is 145 Å². The lowest BCUT2D eigenvalue weighted by atomic mass is 9.60. The van der Waals surface area contributed by atoms with E-state index in [0.717, 1.165) is 25.7 Å². The van der Waals surface area contributed by atoms with Crippen molar-refractivity contribution in [2.24, 2.45) is 17.8 Å².